The van der Waals surface area contributed by atoms with Gasteiger partial charge in [0.05, 0.1) is 26.0 Å². The Hall–Kier alpha value is -2.07. The average Bonchev–Trinajstić information content (AvgIpc) is 2.47. The third-order valence-electron chi connectivity index (χ3n) is 3.00. The lowest BCUT2D eigenvalue weighted by Gasteiger charge is -2.12. The molecule has 1 aromatic carbocycles. The van der Waals surface area contributed by atoms with E-state index in [1.54, 1.807) is 25.6 Å². The molecule has 0 amide bonds. The summed E-state index contributed by atoms with van der Waals surface area (Å²) in [5.74, 6) is 1.46. The van der Waals surface area contributed by atoms with Crippen molar-refractivity contribution in [3.05, 3.63) is 53.9 Å². The van der Waals surface area contributed by atoms with Gasteiger partial charge in [-0.25, -0.2) is 0 Å². The highest BCUT2D eigenvalue weighted by atomic mass is 16.5. The predicted octanol–water partition coefficient (Wildman–Crippen LogP) is 2.90. The van der Waals surface area contributed by atoms with Crippen LogP contribution in [-0.2, 0) is 0 Å². The molecular weight excluding hydrogens is 254 g/mol. The van der Waals surface area contributed by atoms with Crippen molar-refractivity contribution >= 4 is 0 Å². The molecule has 2 aromatic rings. The van der Waals surface area contributed by atoms with Gasteiger partial charge in [-0.05, 0) is 30.7 Å². The van der Waals surface area contributed by atoms with Crippen LogP contribution in [0.25, 0.3) is 0 Å². The van der Waals surface area contributed by atoms with Gasteiger partial charge in [-0.2, -0.15) is 0 Å². The SMILES string of the molecule is COc1cncc(C(O)CCOc2cccc(C)c2)c1. The van der Waals surface area contributed by atoms with Gasteiger partial charge in [0, 0.05) is 18.2 Å². The van der Waals surface area contributed by atoms with Crippen molar-refractivity contribution < 1.29 is 14.6 Å². The molecule has 4 nitrogen and oxygen atoms in total. The van der Waals surface area contributed by atoms with Gasteiger partial charge in [0.15, 0.2) is 0 Å². The van der Waals surface area contributed by atoms with E-state index >= 15 is 0 Å². The Balaban J connectivity index is 1.87. The number of aliphatic hydroxyl groups excluding tert-OH is 1. The van der Waals surface area contributed by atoms with Crippen molar-refractivity contribution in [1.82, 2.24) is 4.98 Å². The Morgan fingerprint density at radius 2 is 2.05 bits per heavy atom. The summed E-state index contributed by atoms with van der Waals surface area (Å²) in [6.45, 7) is 2.46. The maximum Gasteiger partial charge on any atom is 0.137 e. The maximum atomic E-state index is 10.1. The van der Waals surface area contributed by atoms with Crippen LogP contribution in [0.3, 0.4) is 0 Å². The molecule has 20 heavy (non-hydrogen) atoms. The molecule has 0 bridgehead atoms. The van der Waals surface area contributed by atoms with Crippen molar-refractivity contribution in [2.45, 2.75) is 19.4 Å². The Labute approximate surface area is 119 Å². The van der Waals surface area contributed by atoms with E-state index in [0.29, 0.717) is 18.8 Å². The highest BCUT2D eigenvalue weighted by Gasteiger charge is 2.09. The molecule has 1 aromatic heterocycles. The molecule has 0 aliphatic rings. The molecule has 0 aliphatic heterocycles. The van der Waals surface area contributed by atoms with Crippen LogP contribution in [0.5, 0.6) is 11.5 Å². The zero-order chi connectivity index (χ0) is 14.4. The number of nitrogens with zero attached hydrogens (tertiary/aromatic N) is 1. The summed E-state index contributed by atoms with van der Waals surface area (Å²) in [5, 5.41) is 10.1. The molecule has 1 heterocycles. The van der Waals surface area contributed by atoms with E-state index in [2.05, 4.69) is 4.98 Å². The molecule has 0 aliphatic carbocycles. The number of benzene rings is 1. The topological polar surface area (TPSA) is 51.6 Å². The third kappa shape index (κ3) is 3.96. The maximum absolute atomic E-state index is 10.1. The van der Waals surface area contributed by atoms with Crippen molar-refractivity contribution in [3.8, 4) is 11.5 Å². The summed E-state index contributed by atoms with van der Waals surface area (Å²) in [7, 11) is 1.58. The van der Waals surface area contributed by atoms with Gasteiger partial charge in [0.25, 0.3) is 0 Å². The first-order valence-electron chi connectivity index (χ1n) is 6.55. The first-order chi connectivity index (χ1) is 9.69. The smallest absolute Gasteiger partial charge is 0.137 e. The number of rotatable bonds is 6. The Morgan fingerprint density at radius 1 is 1.20 bits per heavy atom. The molecule has 0 spiro atoms. The van der Waals surface area contributed by atoms with Crippen LogP contribution in [0, 0.1) is 6.92 Å². The first-order valence-corrected chi connectivity index (χ1v) is 6.55. The fourth-order valence-corrected chi connectivity index (χ4v) is 1.89. The van der Waals surface area contributed by atoms with Gasteiger partial charge in [-0.1, -0.05) is 12.1 Å². The van der Waals surface area contributed by atoms with E-state index in [-0.39, 0.29) is 0 Å². The molecule has 0 saturated carbocycles. The minimum atomic E-state index is -0.609. The minimum Gasteiger partial charge on any atom is -0.495 e. The molecule has 106 valence electrons. The molecule has 1 unspecified atom stereocenters. The molecule has 0 radical (unpaired) electrons. The van der Waals surface area contributed by atoms with Crippen molar-refractivity contribution in [1.29, 1.82) is 0 Å². The number of methoxy groups -OCH3 is 1. The van der Waals surface area contributed by atoms with E-state index in [1.165, 1.54) is 0 Å². The summed E-state index contributed by atoms with van der Waals surface area (Å²) in [4.78, 5) is 4.03. The van der Waals surface area contributed by atoms with Crippen LogP contribution in [0.4, 0.5) is 0 Å². The van der Waals surface area contributed by atoms with Crippen LogP contribution in [0.2, 0.25) is 0 Å². The highest BCUT2D eigenvalue weighted by Crippen LogP contribution is 2.21. The summed E-state index contributed by atoms with van der Waals surface area (Å²) in [6.07, 6.45) is 3.14. The fourth-order valence-electron chi connectivity index (χ4n) is 1.89. The van der Waals surface area contributed by atoms with Gasteiger partial charge in [0.2, 0.25) is 0 Å². The first kappa shape index (κ1) is 14.3. The van der Waals surface area contributed by atoms with E-state index in [9.17, 15) is 5.11 Å². The second kappa shape index (κ2) is 6.91. The van der Waals surface area contributed by atoms with Gasteiger partial charge < -0.3 is 14.6 Å². The van der Waals surface area contributed by atoms with Gasteiger partial charge in [-0.15, -0.1) is 0 Å². The molecule has 1 atom stereocenters. The zero-order valence-electron chi connectivity index (χ0n) is 11.7. The molecule has 0 saturated heterocycles. The van der Waals surface area contributed by atoms with Crippen LogP contribution in [0.15, 0.2) is 42.7 Å². The summed E-state index contributed by atoms with van der Waals surface area (Å²) in [5.41, 5.74) is 1.89. The summed E-state index contributed by atoms with van der Waals surface area (Å²) >= 11 is 0. The van der Waals surface area contributed by atoms with Crippen LogP contribution >= 0.6 is 0 Å². The standard InChI is InChI=1S/C16H19NO3/c1-12-4-3-5-14(8-12)20-7-6-16(18)13-9-15(19-2)11-17-10-13/h3-5,8-11,16,18H,6-7H2,1-2H3. The van der Waals surface area contributed by atoms with Gasteiger partial charge >= 0.3 is 0 Å². The highest BCUT2D eigenvalue weighted by molar-refractivity contribution is 5.27. The zero-order valence-corrected chi connectivity index (χ0v) is 11.7. The number of aryl methyl sites for hydroxylation is 1. The second-order valence-corrected chi connectivity index (χ2v) is 4.63. The molecule has 2 rings (SSSR count). The monoisotopic (exact) mass is 273 g/mol. The number of ether oxygens (including phenoxy) is 2. The fraction of sp³-hybridized carbons (Fsp3) is 0.312. The quantitative estimate of drug-likeness (QED) is 0.879. The van der Waals surface area contributed by atoms with Crippen LogP contribution in [0.1, 0.15) is 23.7 Å². The van der Waals surface area contributed by atoms with Crippen LogP contribution < -0.4 is 9.47 Å². The molecule has 0 fully saturated rings. The van der Waals surface area contributed by atoms with Crippen molar-refractivity contribution in [2.24, 2.45) is 0 Å². The van der Waals surface area contributed by atoms with Crippen molar-refractivity contribution in [3.63, 3.8) is 0 Å². The average molecular weight is 273 g/mol. The van der Waals surface area contributed by atoms with Crippen LogP contribution in [-0.4, -0.2) is 23.8 Å². The van der Waals surface area contributed by atoms with E-state index in [1.807, 2.05) is 31.2 Å². The number of aliphatic hydroxyl groups is 1. The summed E-state index contributed by atoms with van der Waals surface area (Å²) < 4.78 is 10.7. The van der Waals surface area contributed by atoms with E-state index in [4.69, 9.17) is 9.47 Å². The Kier molecular flexibility index (Phi) is 4.96. The lowest BCUT2D eigenvalue weighted by molar-refractivity contribution is 0.140. The number of pyridine rings is 1. The van der Waals surface area contributed by atoms with Gasteiger partial charge in [-0.3, -0.25) is 4.98 Å². The number of hydrogen-bond acceptors (Lipinski definition) is 4. The Morgan fingerprint density at radius 3 is 2.80 bits per heavy atom. The number of hydrogen-bond donors (Lipinski definition) is 1. The lowest BCUT2D eigenvalue weighted by atomic mass is 10.1. The third-order valence-corrected chi connectivity index (χ3v) is 3.00. The number of aromatic nitrogens is 1. The second-order valence-electron chi connectivity index (χ2n) is 4.63. The molecular formula is C16H19NO3. The summed E-state index contributed by atoms with van der Waals surface area (Å²) in [6, 6.07) is 9.63. The Bertz CT molecular complexity index is 557. The molecule has 4 heteroatoms. The molecule has 1 N–H and O–H groups in total. The minimum absolute atomic E-state index is 0.446. The van der Waals surface area contributed by atoms with Gasteiger partial charge in [0.1, 0.15) is 11.5 Å². The largest absolute Gasteiger partial charge is 0.495 e. The normalized spacial score (nSPS) is 11.9. The lowest BCUT2D eigenvalue weighted by Crippen LogP contribution is -2.06. The van der Waals surface area contributed by atoms with E-state index < -0.39 is 6.10 Å². The predicted molar refractivity (Wildman–Crippen MR) is 77.0 cm³/mol. The van der Waals surface area contributed by atoms with E-state index in [0.717, 1.165) is 16.9 Å². The van der Waals surface area contributed by atoms with Crippen molar-refractivity contribution in [2.75, 3.05) is 13.7 Å².